The highest BCUT2D eigenvalue weighted by Gasteiger charge is 2.16. The van der Waals surface area contributed by atoms with Crippen molar-refractivity contribution >= 4 is 33.2 Å². The van der Waals surface area contributed by atoms with Crippen molar-refractivity contribution in [2.24, 2.45) is 0 Å². The molecular weight excluding hydrogens is 323 g/mol. The van der Waals surface area contributed by atoms with Gasteiger partial charge in [0.05, 0.1) is 11.4 Å². The molecule has 1 N–H and O–H groups in total. The zero-order chi connectivity index (χ0) is 14.8. The van der Waals surface area contributed by atoms with E-state index in [-0.39, 0.29) is 21.5 Å². The second-order valence-corrected chi connectivity index (χ2v) is 6.60. The summed E-state index contributed by atoms with van der Waals surface area (Å²) in [4.78, 5) is 0.0116. The van der Waals surface area contributed by atoms with Crippen LogP contribution >= 0.6 is 23.2 Å². The van der Waals surface area contributed by atoms with Crippen molar-refractivity contribution in [1.82, 2.24) is 19.5 Å². The van der Waals surface area contributed by atoms with Crippen molar-refractivity contribution in [2.75, 3.05) is 0 Å². The van der Waals surface area contributed by atoms with Gasteiger partial charge in [0.1, 0.15) is 12.2 Å². The number of hydrogen-bond donors (Lipinski definition) is 1. The Balaban J connectivity index is 2.19. The minimum atomic E-state index is -3.71. The van der Waals surface area contributed by atoms with E-state index < -0.39 is 10.0 Å². The lowest BCUT2D eigenvalue weighted by molar-refractivity contribution is 0.575. The van der Waals surface area contributed by atoms with Gasteiger partial charge in [0.15, 0.2) is 0 Å². The lowest BCUT2D eigenvalue weighted by atomic mass is 10.4. The van der Waals surface area contributed by atoms with Crippen molar-refractivity contribution in [3.8, 4) is 0 Å². The van der Waals surface area contributed by atoms with Crippen LogP contribution in [0.2, 0.25) is 10.0 Å². The number of nitrogens with zero attached hydrogens (tertiary/aromatic N) is 3. The molecule has 0 saturated heterocycles. The molecule has 0 saturated carbocycles. The van der Waals surface area contributed by atoms with E-state index in [1.165, 1.54) is 18.2 Å². The fraction of sp³-hybridized carbons (Fsp3) is 0.273. The molecule has 108 valence electrons. The van der Waals surface area contributed by atoms with Crippen LogP contribution in [0.25, 0.3) is 0 Å². The van der Waals surface area contributed by atoms with Crippen molar-refractivity contribution in [2.45, 2.75) is 24.9 Å². The summed E-state index contributed by atoms with van der Waals surface area (Å²) in [6.45, 7) is 2.62. The predicted octanol–water partition coefficient (Wildman–Crippen LogP) is 2.08. The van der Waals surface area contributed by atoms with Crippen LogP contribution in [0, 0.1) is 0 Å². The minimum absolute atomic E-state index is 0.0116. The number of rotatable bonds is 5. The average molecular weight is 335 g/mol. The zero-order valence-electron chi connectivity index (χ0n) is 10.5. The molecule has 6 nitrogen and oxygen atoms in total. The number of nitrogens with one attached hydrogen (secondary N) is 1. The Labute approximate surface area is 126 Å². The van der Waals surface area contributed by atoms with E-state index in [0.29, 0.717) is 12.4 Å². The summed E-state index contributed by atoms with van der Waals surface area (Å²) >= 11 is 11.6. The van der Waals surface area contributed by atoms with E-state index in [1.807, 2.05) is 6.92 Å². The molecule has 0 spiro atoms. The largest absolute Gasteiger partial charge is 0.317 e. The Hall–Kier alpha value is -1.15. The Bertz CT molecular complexity index is 695. The quantitative estimate of drug-likeness (QED) is 0.908. The van der Waals surface area contributed by atoms with E-state index in [9.17, 15) is 8.42 Å². The fourth-order valence-electron chi connectivity index (χ4n) is 1.61. The van der Waals surface area contributed by atoms with Gasteiger partial charge >= 0.3 is 0 Å². The monoisotopic (exact) mass is 334 g/mol. The SMILES string of the molecule is CCn1cnnc1CNS(=O)(=O)c1cc(Cl)cc(Cl)c1. The van der Waals surface area contributed by atoms with Crippen LogP contribution in [0.15, 0.2) is 29.4 Å². The van der Waals surface area contributed by atoms with E-state index in [2.05, 4.69) is 14.9 Å². The Kier molecular flexibility index (Phi) is 4.64. The maximum Gasteiger partial charge on any atom is 0.241 e. The third-order valence-electron chi connectivity index (χ3n) is 2.60. The van der Waals surface area contributed by atoms with Gasteiger partial charge < -0.3 is 4.57 Å². The van der Waals surface area contributed by atoms with Crippen LogP contribution in [0.5, 0.6) is 0 Å². The second-order valence-electron chi connectivity index (χ2n) is 3.96. The molecule has 0 bridgehead atoms. The molecular formula is C11H12Cl2N4O2S. The van der Waals surface area contributed by atoms with Crippen molar-refractivity contribution < 1.29 is 8.42 Å². The number of benzene rings is 1. The zero-order valence-corrected chi connectivity index (χ0v) is 12.9. The van der Waals surface area contributed by atoms with Gasteiger partial charge in [-0.2, -0.15) is 0 Å². The summed E-state index contributed by atoms with van der Waals surface area (Å²) in [5.74, 6) is 0.532. The van der Waals surface area contributed by atoms with E-state index in [4.69, 9.17) is 23.2 Å². The van der Waals surface area contributed by atoms with Gasteiger partial charge in [0, 0.05) is 16.6 Å². The summed E-state index contributed by atoms with van der Waals surface area (Å²) in [5, 5.41) is 8.10. The van der Waals surface area contributed by atoms with Gasteiger partial charge in [-0.1, -0.05) is 23.2 Å². The lowest BCUT2D eigenvalue weighted by Crippen LogP contribution is -2.25. The first-order chi connectivity index (χ1) is 9.42. The third-order valence-corrected chi connectivity index (χ3v) is 4.42. The van der Waals surface area contributed by atoms with Gasteiger partial charge in [-0.05, 0) is 25.1 Å². The van der Waals surface area contributed by atoms with Gasteiger partial charge in [-0.25, -0.2) is 13.1 Å². The number of hydrogen-bond acceptors (Lipinski definition) is 4. The molecule has 0 aliphatic heterocycles. The number of aromatic nitrogens is 3. The Morgan fingerprint density at radius 3 is 2.50 bits per heavy atom. The second kappa shape index (κ2) is 6.09. The molecule has 9 heteroatoms. The summed E-state index contributed by atoms with van der Waals surface area (Å²) in [6.07, 6.45) is 1.54. The van der Waals surface area contributed by atoms with Crippen LogP contribution in [-0.4, -0.2) is 23.2 Å². The summed E-state index contributed by atoms with van der Waals surface area (Å²) in [6, 6.07) is 4.14. The van der Waals surface area contributed by atoms with Crippen molar-refractivity contribution in [3.63, 3.8) is 0 Å². The molecule has 0 fully saturated rings. The highest BCUT2D eigenvalue weighted by Crippen LogP contribution is 2.22. The molecule has 1 heterocycles. The normalized spacial score (nSPS) is 11.8. The summed E-state index contributed by atoms with van der Waals surface area (Å²) in [7, 11) is -3.71. The number of aryl methyl sites for hydroxylation is 1. The van der Waals surface area contributed by atoms with Crippen LogP contribution in [0.4, 0.5) is 0 Å². The van der Waals surface area contributed by atoms with Crippen LogP contribution in [0.3, 0.4) is 0 Å². The smallest absolute Gasteiger partial charge is 0.241 e. The molecule has 0 atom stereocenters. The van der Waals surface area contributed by atoms with Crippen molar-refractivity contribution in [1.29, 1.82) is 0 Å². The third kappa shape index (κ3) is 3.49. The van der Waals surface area contributed by atoms with E-state index in [0.717, 1.165) is 0 Å². The highest BCUT2D eigenvalue weighted by molar-refractivity contribution is 7.89. The molecule has 20 heavy (non-hydrogen) atoms. The molecule has 0 radical (unpaired) electrons. The van der Waals surface area contributed by atoms with Crippen LogP contribution in [-0.2, 0) is 23.1 Å². The van der Waals surface area contributed by atoms with Crippen LogP contribution in [0.1, 0.15) is 12.7 Å². The standard InChI is InChI=1S/C11H12Cl2N4O2S/c1-2-17-7-14-16-11(17)6-15-20(18,19)10-4-8(12)3-9(13)5-10/h3-5,7,15H,2,6H2,1H3. The van der Waals surface area contributed by atoms with E-state index >= 15 is 0 Å². The van der Waals surface area contributed by atoms with Gasteiger partial charge in [0.25, 0.3) is 0 Å². The maximum absolute atomic E-state index is 12.1. The first-order valence-electron chi connectivity index (χ1n) is 5.75. The van der Waals surface area contributed by atoms with E-state index in [1.54, 1.807) is 10.9 Å². The number of halogens is 2. The lowest BCUT2D eigenvalue weighted by Gasteiger charge is -2.08. The molecule has 2 aromatic rings. The molecule has 0 unspecified atom stereocenters. The predicted molar refractivity (Wildman–Crippen MR) is 76.2 cm³/mol. The minimum Gasteiger partial charge on any atom is -0.317 e. The molecule has 2 rings (SSSR count). The van der Waals surface area contributed by atoms with Gasteiger partial charge in [-0.3, -0.25) is 0 Å². The van der Waals surface area contributed by atoms with Crippen LogP contribution < -0.4 is 4.72 Å². The van der Waals surface area contributed by atoms with Gasteiger partial charge in [-0.15, -0.1) is 10.2 Å². The molecule has 0 amide bonds. The number of sulfonamides is 1. The topological polar surface area (TPSA) is 76.9 Å². The molecule has 1 aromatic carbocycles. The van der Waals surface area contributed by atoms with Crippen molar-refractivity contribution in [3.05, 3.63) is 40.4 Å². The first-order valence-corrected chi connectivity index (χ1v) is 7.98. The highest BCUT2D eigenvalue weighted by atomic mass is 35.5. The maximum atomic E-state index is 12.1. The molecule has 0 aliphatic rings. The Morgan fingerprint density at radius 2 is 1.90 bits per heavy atom. The first kappa shape index (κ1) is 15.2. The summed E-state index contributed by atoms with van der Waals surface area (Å²) in [5.41, 5.74) is 0. The summed E-state index contributed by atoms with van der Waals surface area (Å²) < 4.78 is 28.5. The Morgan fingerprint density at radius 1 is 1.25 bits per heavy atom. The molecule has 0 aliphatic carbocycles. The fourth-order valence-corrected chi connectivity index (χ4v) is 3.31. The molecule has 1 aromatic heterocycles. The van der Waals surface area contributed by atoms with Gasteiger partial charge in [0.2, 0.25) is 10.0 Å². The average Bonchev–Trinajstić information content (AvgIpc) is 2.82.